The zero-order valence-corrected chi connectivity index (χ0v) is 15.3. The quantitative estimate of drug-likeness (QED) is 0.711. The third-order valence-electron chi connectivity index (χ3n) is 4.32. The number of anilines is 1. The fourth-order valence-electron chi connectivity index (χ4n) is 2.93. The highest BCUT2D eigenvalue weighted by Gasteiger charge is 2.25. The van der Waals surface area contributed by atoms with Crippen LogP contribution in [0.15, 0.2) is 44.8 Å². The Hall–Kier alpha value is -2.72. The van der Waals surface area contributed by atoms with Crippen molar-refractivity contribution < 1.29 is 13.2 Å². The van der Waals surface area contributed by atoms with E-state index < -0.39 is 27.2 Å². The summed E-state index contributed by atoms with van der Waals surface area (Å²) in [5, 5.41) is 2.51. The molecule has 1 amide bonds. The molecule has 27 heavy (non-hydrogen) atoms. The van der Waals surface area contributed by atoms with Crippen molar-refractivity contribution in [1.82, 2.24) is 14.3 Å². The van der Waals surface area contributed by atoms with Crippen LogP contribution in [0.4, 0.5) is 5.69 Å². The number of rotatable bonds is 4. The van der Waals surface area contributed by atoms with Gasteiger partial charge in [-0.25, -0.2) is 13.2 Å². The molecule has 2 aromatic rings. The lowest BCUT2D eigenvalue weighted by atomic mass is 10.2. The van der Waals surface area contributed by atoms with Crippen molar-refractivity contribution in [3.05, 3.63) is 56.9 Å². The van der Waals surface area contributed by atoms with E-state index in [9.17, 15) is 22.8 Å². The normalized spacial score (nSPS) is 15.9. The van der Waals surface area contributed by atoms with E-state index in [2.05, 4.69) is 10.3 Å². The van der Waals surface area contributed by atoms with Crippen molar-refractivity contribution >= 4 is 21.6 Å². The van der Waals surface area contributed by atoms with Crippen molar-refractivity contribution in [2.45, 2.75) is 30.6 Å². The maximum Gasteiger partial charge on any atom is 0.326 e. The molecule has 0 atom stereocenters. The van der Waals surface area contributed by atoms with Gasteiger partial charge in [-0.15, -0.1) is 0 Å². The number of carbonyl (C=O) groups is 1. The lowest BCUT2D eigenvalue weighted by molar-refractivity contribution is 0.102. The molecule has 1 aromatic carbocycles. The number of aromatic amines is 2. The Balaban J connectivity index is 1.75. The Morgan fingerprint density at radius 2 is 1.59 bits per heavy atom. The molecule has 0 aliphatic carbocycles. The van der Waals surface area contributed by atoms with Gasteiger partial charge in [0, 0.05) is 24.8 Å². The fraction of sp³-hybridized carbons (Fsp3) is 0.353. The van der Waals surface area contributed by atoms with Crippen molar-refractivity contribution in [3.8, 4) is 0 Å². The first kappa shape index (κ1) is 19.1. The number of hydrogen-bond acceptors (Lipinski definition) is 5. The Labute approximate surface area is 155 Å². The van der Waals surface area contributed by atoms with Gasteiger partial charge in [-0.2, -0.15) is 4.31 Å². The van der Waals surface area contributed by atoms with Gasteiger partial charge in [0.1, 0.15) is 5.69 Å². The number of sulfonamides is 1. The Morgan fingerprint density at radius 1 is 0.963 bits per heavy atom. The maximum absolute atomic E-state index is 12.7. The number of nitrogens with one attached hydrogen (secondary N) is 3. The number of carbonyl (C=O) groups excluding carboxylic acids is 1. The summed E-state index contributed by atoms with van der Waals surface area (Å²) < 4.78 is 27.0. The number of H-pyrrole nitrogens is 2. The molecule has 0 radical (unpaired) electrons. The highest BCUT2D eigenvalue weighted by atomic mass is 32.2. The predicted octanol–water partition coefficient (Wildman–Crippen LogP) is 0.880. The molecular weight excluding hydrogens is 372 g/mol. The van der Waals surface area contributed by atoms with Gasteiger partial charge in [0.25, 0.3) is 11.5 Å². The van der Waals surface area contributed by atoms with Crippen LogP contribution in [0, 0.1) is 0 Å². The van der Waals surface area contributed by atoms with Gasteiger partial charge in [0.15, 0.2) is 0 Å². The second-order valence-corrected chi connectivity index (χ2v) is 8.24. The van der Waals surface area contributed by atoms with E-state index in [0.717, 1.165) is 31.7 Å². The van der Waals surface area contributed by atoms with Crippen molar-refractivity contribution in [2.24, 2.45) is 0 Å². The van der Waals surface area contributed by atoms with Crippen LogP contribution in [0.3, 0.4) is 0 Å². The van der Waals surface area contributed by atoms with Gasteiger partial charge < -0.3 is 10.3 Å². The van der Waals surface area contributed by atoms with E-state index in [0.29, 0.717) is 18.8 Å². The van der Waals surface area contributed by atoms with Crippen LogP contribution in [-0.4, -0.2) is 41.7 Å². The summed E-state index contributed by atoms with van der Waals surface area (Å²) in [4.78, 5) is 39.0. The Morgan fingerprint density at radius 3 is 2.19 bits per heavy atom. The first-order valence-electron chi connectivity index (χ1n) is 8.61. The summed E-state index contributed by atoms with van der Waals surface area (Å²) in [7, 11) is -3.57. The molecule has 3 N–H and O–H groups in total. The van der Waals surface area contributed by atoms with E-state index >= 15 is 0 Å². The van der Waals surface area contributed by atoms with Crippen LogP contribution in [0.2, 0.25) is 0 Å². The van der Waals surface area contributed by atoms with Gasteiger partial charge in [0.05, 0.1) is 4.90 Å². The molecule has 0 spiro atoms. The smallest absolute Gasteiger partial charge is 0.321 e. The van der Waals surface area contributed by atoms with Gasteiger partial charge >= 0.3 is 5.69 Å². The van der Waals surface area contributed by atoms with Gasteiger partial charge in [-0.1, -0.05) is 12.8 Å². The third kappa shape index (κ3) is 4.52. The maximum atomic E-state index is 12.7. The molecule has 3 rings (SSSR count). The Bertz CT molecular complexity index is 1000. The number of hydrogen-bond donors (Lipinski definition) is 3. The number of benzene rings is 1. The van der Waals surface area contributed by atoms with Crippen LogP contribution in [0.1, 0.15) is 36.2 Å². The van der Waals surface area contributed by atoms with Crippen molar-refractivity contribution in [1.29, 1.82) is 0 Å². The molecule has 1 aliphatic heterocycles. The number of aromatic nitrogens is 2. The summed E-state index contributed by atoms with van der Waals surface area (Å²) in [6.07, 6.45) is 3.76. The molecule has 0 bridgehead atoms. The molecule has 1 saturated heterocycles. The van der Waals surface area contributed by atoms with E-state index in [1.165, 1.54) is 28.6 Å². The fourth-order valence-corrected chi connectivity index (χ4v) is 4.45. The SMILES string of the molecule is O=C(Nc1ccc(S(=O)(=O)N2CCCCCC2)cc1)c1cc(=O)[nH]c(=O)[nH]1. The average Bonchev–Trinajstić information content (AvgIpc) is 2.91. The molecule has 2 heterocycles. The third-order valence-corrected chi connectivity index (χ3v) is 6.23. The molecule has 144 valence electrons. The molecule has 0 unspecified atom stereocenters. The van der Waals surface area contributed by atoms with Crippen LogP contribution >= 0.6 is 0 Å². The van der Waals surface area contributed by atoms with E-state index in [-0.39, 0.29) is 10.6 Å². The average molecular weight is 392 g/mol. The number of amides is 1. The summed E-state index contributed by atoms with van der Waals surface area (Å²) in [6.45, 7) is 1.02. The van der Waals surface area contributed by atoms with E-state index in [1.807, 2.05) is 4.98 Å². The summed E-state index contributed by atoms with van der Waals surface area (Å²) >= 11 is 0. The van der Waals surface area contributed by atoms with Crippen LogP contribution in [-0.2, 0) is 10.0 Å². The number of nitrogens with zero attached hydrogens (tertiary/aromatic N) is 1. The van der Waals surface area contributed by atoms with Gasteiger partial charge in [-0.05, 0) is 37.1 Å². The lowest BCUT2D eigenvalue weighted by Crippen LogP contribution is -2.31. The highest BCUT2D eigenvalue weighted by Crippen LogP contribution is 2.21. The minimum absolute atomic E-state index is 0.159. The predicted molar refractivity (Wildman–Crippen MR) is 99.3 cm³/mol. The second kappa shape index (κ2) is 7.89. The minimum atomic E-state index is -3.57. The highest BCUT2D eigenvalue weighted by molar-refractivity contribution is 7.89. The molecule has 0 saturated carbocycles. The topological polar surface area (TPSA) is 132 Å². The molecule has 1 aliphatic rings. The van der Waals surface area contributed by atoms with Gasteiger partial charge in [0.2, 0.25) is 10.0 Å². The van der Waals surface area contributed by atoms with E-state index in [4.69, 9.17) is 0 Å². The summed E-state index contributed by atoms with van der Waals surface area (Å²) in [5.74, 6) is -0.679. The largest absolute Gasteiger partial charge is 0.326 e. The first-order chi connectivity index (χ1) is 12.9. The van der Waals surface area contributed by atoms with E-state index in [1.54, 1.807) is 0 Å². The molecule has 9 nitrogen and oxygen atoms in total. The first-order valence-corrected chi connectivity index (χ1v) is 10.1. The molecular formula is C17H20N4O5S. The van der Waals surface area contributed by atoms with Crippen LogP contribution < -0.4 is 16.6 Å². The lowest BCUT2D eigenvalue weighted by Gasteiger charge is -2.20. The monoisotopic (exact) mass is 392 g/mol. The Kier molecular flexibility index (Phi) is 5.57. The van der Waals surface area contributed by atoms with Crippen molar-refractivity contribution in [2.75, 3.05) is 18.4 Å². The summed E-state index contributed by atoms with van der Waals surface area (Å²) in [5.41, 5.74) is -1.32. The molecule has 1 fully saturated rings. The second-order valence-electron chi connectivity index (χ2n) is 6.30. The molecule has 1 aromatic heterocycles. The summed E-state index contributed by atoms with van der Waals surface area (Å²) in [6, 6.07) is 6.75. The zero-order chi connectivity index (χ0) is 19.4. The van der Waals surface area contributed by atoms with Crippen LogP contribution in [0.25, 0.3) is 0 Å². The van der Waals surface area contributed by atoms with Crippen LogP contribution in [0.5, 0.6) is 0 Å². The molecule has 10 heteroatoms. The van der Waals surface area contributed by atoms with Gasteiger partial charge in [-0.3, -0.25) is 14.6 Å². The standard InChI is InChI=1S/C17H20N4O5S/c22-15-11-14(19-17(24)20-15)16(23)18-12-5-7-13(8-6-12)27(25,26)21-9-3-1-2-4-10-21/h5-8,11H,1-4,9-10H2,(H,18,23)(H2,19,20,22,24). The van der Waals surface area contributed by atoms with Crippen molar-refractivity contribution in [3.63, 3.8) is 0 Å². The zero-order valence-electron chi connectivity index (χ0n) is 14.5. The minimum Gasteiger partial charge on any atom is -0.321 e.